The molecule has 94 valence electrons. The van der Waals surface area contributed by atoms with Crippen molar-refractivity contribution < 1.29 is 4.79 Å². The van der Waals surface area contributed by atoms with E-state index in [1.807, 2.05) is 30.3 Å². The highest BCUT2D eigenvalue weighted by Crippen LogP contribution is 1.98. The number of H-pyrrole nitrogens is 1. The smallest absolute Gasteiger partial charge is 0.255 e. The summed E-state index contributed by atoms with van der Waals surface area (Å²) < 4.78 is 0.427. The van der Waals surface area contributed by atoms with E-state index < -0.39 is 0 Å². The number of hydrogen-bond acceptors (Lipinski definition) is 2. The van der Waals surface area contributed by atoms with Crippen LogP contribution in [0.5, 0.6) is 0 Å². The molecule has 0 saturated heterocycles. The lowest BCUT2D eigenvalue weighted by Crippen LogP contribution is -2.24. The first kappa shape index (κ1) is 13.1. The Balaban J connectivity index is 1.94. The fourth-order valence-corrected chi connectivity index (χ4v) is 1.72. The zero-order valence-electron chi connectivity index (χ0n) is 10.1. The molecule has 1 heterocycles. The van der Waals surface area contributed by atoms with Crippen molar-refractivity contribution in [3.63, 3.8) is 0 Å². The molecule has 4 heteroatoms. The molecule has 3 nitrogen and oxygen atoms in total. The van der Waals surface area contributed by atoms with E-state index >= 15 is 0 Å². The number of carbonyl (C=O) groups is 1. The summed E-state index contributed by atoms with van der Waals surface area (Å²) in [5.74, 6) is 5.64. The molecular formula is C15H12N2OS. The minimum absolute atomic E-state index is 0.218. The number of pyridine rings is 1. The third kappa shape index (κ3) is 3.80. The predicted octanol–water partition coefficient (Wildman–Crippen LogP) is 2.53. The number of amides is 1. The van der Waals surface area contributed by atoms with Crippen molar-refractivity contribution in [3.05, 3.63) is 64.4 Å². The van der Waals surface area contributed by atoms with Crippen LogP contribution in [-0.2, 0) is 0 Å². The van der Waals surface area contributed by atoms with Gasteiger partial charge in [-0.2, -0.15) is 0 Å². The summed E-state index contributed by atoms with van der Waals surface area (Å²) in [5.41, 5.74) is 1.38. The van der Waals surface area contributed by atoms with Gasteiger partial charge in [0.05, 0.1) is 12.1 Å². The molecule has 0 aliphatic heterocycles. The van der Waals surface area contributed by atoms with Crippen LogP contribution in [0.15, 0.2) is 48.7 Å². The van der Waals surface area contributed by atoms with Crippen molar-refractivity contribution in [2.24, 2.45) is 0 Å². The van der Waals surface area contributed by atoms with Crippen LogP contribution in [0, 0.1) is 16.5 Å². The average molecular weight is 268 g/mol. The van der Waals surface area contributed by atoms with Crippen molar-refractivity contribution in [2.45, 2.75) is 0 Å². The molecule has 0 radical (unpaired) electrons. The Morgan fingerprint density at radius 1 is 1.21 bits per heavy atom. The summed E-state index contributed by atoms with van der Waals surface area (Å²) in [6, 6.07) is 13.0. The van der Waals surface area contributed by atoms with Crippen LogP contribution in [0.1, 0.15) is 15.9 Å². The van der Waals surface area contributed by atoms with E-state index in [0.717, 1.165) is 5.56 Å². The highest BCUT2D eigenvalue weighted by Gasteiger charge is 2.04. The van der Waals surface area contributed by atoms with E-state index in [-0.39, 0.29) is 12.5 Å². The molecule has 2 rings (SSSR count). The Morgan fingerprint density at radius 3 is 2.74 bits per heavy atom. The number of hydrogen-bond donors (Lipinski definition) is 2. The quantitative estimate of drug-likeness (QED) is 0.649. The summed E-state index contributed by atoms with van der Waals surface area (Å²) in [7, 11) is 0. The molecule has 0 aliphatic rings. The average Bonchev–Trinajstić information content (AvgIpc) is 2.45. The molecule has 1 amide bonds. The largest absolute Gasteiger partial charge is 0.352 e. The molecule has 1 aromatic heterocycles. The Bertz CT molecular complexity index is 680. The second-order valence-corrected chi connectivity index (χ2v) is 4.17. The maximum Gasteiger partial charge on any atom is 0.255 e. The van der Waals surface area contributed by atoms with Gasteiger partial charge in [-0.15, -0.1) is 0 Å². The van der Waals surface area contributed by atoms with Crippen molar-refractivity contribution in [1.82, 2.24) is 10.3 Å². The van der Waals surface area contributed by atoms with Crippen molar-refractivity contribution >= 4 is 18.1 Å². The second kappa shape index (κ2) is 6.53. The minimum Gasteiger partial charge on any atom is -0.352 e. The highest BCUT2D eigenvalue weighted by molar-refractivity contribution is 7.71. The summed E-state index contributed by atoms with van der Waals surface area (Å²) in [4.78, 5) is 14.6. The molecule has 0 unspecified atom stereocenters. The third-order valence-corrected chi connectivity index (χ3v) is 2.74. The first-order chi connectivity index (χ1) is 9.27. The zero-order chi connectivity index (χ0) is 13.5. The van der Waals surface area contributed by atoms with Gasteiger partial charge in [0.1, 0.15) is 4.64 Å². The van der Waals surface area contributed by atoms with Crippen LogP contribution < -0.4 is 5.32 Å². The summed E-state index contributed by atoms with van der Waals surface area (Å²) >= 11 is 5.03. The van der Waals surface area contributed by atoms with E-state index in [9.17, 15) is 4.79 Å². The molecule has 0 spiro atoms. The predicted molar refractivity (Wildman–Crippen MR) is 77.3 cm³/mol. The number of carbonyl (C=O) groups excluding carboxylic acids is 1. The molecule has 2 aromatic rings. The molecule has 0 atom stereocenters. The minimum atomic E-state index is -0.218. The summed E-state index contributed by atoms with van der Waals surface area (Å²) in [5, 5.41) is 2.71. The number of aromatic amines is 1. The van der Waals surface area contributed by atoms with Crippen LogP contribution in [0.4, 0.5) is 0 Å². The Kier molecular flexibility index (Phi) is 4.49. The van der Waals surface area contributed by atoms with Gasteiger partial charge in [0.2, 0.25) is 0 Å². The standard InChI is InChI=1S/C15H12N2OS/c18-14(13-9-5-11-17-15(13)19)16-10-4-8-12-6-2-1-3-7-12/h1-3,5-7,9,11H,10H2,(H,16,18)(H,17,19). The highest BCUT2D eigenvalue weighted by atomic mass is 32.1. The van der Waals surface area contributed by atoms with E-state index in [1.54, 1.807) is 18.3 Å². The summed E-state index contributed by atoms with van der Waals surface area (Å²) in [6.07, 6.45) is 1.69. The Labute approximate surface area is 116 Å². The molecule has 1 aromatic carbocycles. The second-order valence-electron chi connectivity index (χ2n) is 3.76. The van der Waals surface area contributed by atoms with E-state index in [2.05, 4.69) is 22.1 Å². The van der Waals surface area contributed by atoms with Gasteiger partial charge in [-0.05, 0) is 24.3 Å². The maximum atomic E-state index is 11.8. The fraction of sp³-hybridized carbons (Fsp3) is 0.0667. The molecule has 19 heavy (non-hydrogen) atoms. The maximum absolute atomic E-state index is 11.8. The van der Waals surface area contributed by atoms with Crippen LogP contribution >= 0.6 is 12.2 Å². The molecule has 0 bridgehead atoms. The molecule has 2 N–H and O–H groups in total. The van der Waals surface area contributed by atoms with Gasteiger partial charge in [0.25, 0.3) is 5.91 Å². The van der Waals surface area contributed by atoms with E-state index in [1.165, 1.54) is 0 Å². The number of benzene rings is 1. The van der Waals surface area contributed by atoms with Crippen molar-refractivity contribution in [1.29, 1.82) is 0 Å². The molecular weight excluding hydrogens is 256 g/mol. The Hall–Kier alpha value is -2.38. The zero-order valence-corrected chi connectivity index (χ0v) is 11.0. The van der Waals surface area contributed by atoms with Gasteiger partial charge in [0, 0.05) is 11.8 Å². The summed E-state index contributed by atoms with van der Waals surface area (Å²) in [6.45, 7) is 0.289. The first-order valence-electron chi connectivity index (χ1n) is 5.77. The first-order valence-corrected chi connectivity index (χ1v) is 6.18. The molecule has 0 fully saturated rings. The lowest BCUT2D eigenvalue weighted by Gasteiger charge is -2.00. The number of rotatable bonds is 2. The number of aromatic nitrogens is 1. The van der Waals surface area contributed by atoms with Crippen LogP contribution in [0.3, 0.4) is 0 Å². The fourth-order valence-electron chi connectivity index (χ4n) is 1.49. The lowest BCUT2D eigenvalue weighted by atomic mass is 10.2. The van der Waals surface area contributed by atoms with Crippen LogP contribution in [0.25, 0.3) is 0 Å². The van der Waals surface area contributed by atoms with Crippen LogP contribution in [-0.4, -0.2) is 17.4 Å². The van der Waals surface area contributed by atoms with Crippen molar-refractivity contribution in [2.75, 3.05) is 6.54 Å². The van der Waals surface area contributed by atoms with E-state index in [4.69, 9.17) is 12.2 Å². The van der Waals surface area contributed by atoms with Gasteiger partial charge in [-0.1, -0.05) is 42.3 Å². The van der Waals surface area contributed by atoms with E-state index in [0.29, 0.717) is 10.2 Å². The molecule has 0 aliphatic carbocycles. The van der Waals surface area contributed by atoms with Crippen molar-refractivity contribution in [3.8, 4) is 11.8 Å². The van der Waals surface area contributed by atoms with Gasteiger partial charge >= 0.3 is 0 Å². The van der Waals surface area contributed by atoms with Crippen LogP contribution in [0.2, 0.25) is 0 Å². The normalized spacial score (nSPS) is 9.26. The lowest BCUT2D eigenvalue weighted by molar-refractivity contribution is 0.0958. The number of nitrogens with one attached hydrogen (secondary N) is 2. The topological polar surface area (TPSA) is 44.9 Å². The van der Waals surface area contributed by atoms with Gasteiger partial charge in [-0.3, -0.25) is 4.79 Å². The van der Waals surface area contributed by atoms with Gasteiger partial charge in [-0.25, -0.2) is 0 Å². The van der Waals surface area contributed by atoms with Gasteiger partial charge in [0.15, 0.2) is 0 Å². The molecule has 0 saturated carbocycles. The monoisotopic (exact) mass is 268 g/mol. The SMILES string of the molecule is O=C(NCC#Cc1ccccc1)c1ccc[nH]c1=S. The Morgan fingerprint density at radius 2 is 2.00 bits per heavy atom. The third-order valence-electron chi connectivity index (χ3n) is 2.41. The van der Waals surface area contributed by atoms with Gasteiger partial charge < -0.3 is 10.3 Å².